The van der Waals surface area contributed by atoms with Gasteiger partial charge in [0.1, 0.15) is 11.0 Å². The van der Waals surface area contributed by atoms with Crippen LogP contribution in [0.25, 0.3) is 56.0 Å². The van der Waals surface area contributed by atoms with Gasteiger partial charge in [-0.3, -0.25) is 24.8 Å². The van der Waals surface area contributed by atoms with E-state index in [1.165, 1.54) is 0 Å². The van der Waals surface area contributed by atoms with Crippen molar-refractivity contribution in [3.05, 3.63) is 67.5 Å². The molecule has 0 radical (unpaired) electrons. The number of hydrogen-bond donors (Lipinski definition) is 3. The van der Waals surface area contributed by atoms with Crippen molar-refractivity contribution < 1.29 is 4.79 Å². The van der Waals surface area contributed by atoms with Crippen LogP contribution in [0.15, 0.2) is 67.5 Å². The van der Waals surface area contributed by atoms with Crippen LogP contribution in [0, 0.1) is 5.92 Å². The van der Waals surface area contributed by atoms with E-state index in [1.54, 1.807) is 37.2 Å². The second-order valence-corrected chi connectivity index (χ2v) is 9.51. The van der Waals surface area contributed by atoms with E-state index in [2.05, 4.69) is 35.5 Å². The molecule has 186 valence electrons. The highest BCUT2D eigenvalue weighted by Crippen LogP contribution is 2.31. The van der Waals surface area contributed by atoms with Crippen molar-refractivity contribution in [2.24, 2.45) is 5.92 Å². The summed E-state index contributed by atoms with van der Waals surface area (Å²) in [6.07, 6.45) is 14.6. The number of imidazole rings is 1. The lowest BCUT2D eigenvalue weighted by molar-refractivity contribution is -0.119. The van der Waals surface area contributed by atoms with E-state index < -0.39 is 0 Å². The number of fused-ring (bicyclic) bond motifs is 2. The average molecular weight is 502 g/mol. The number of aromatic amines is 2. The Hall–Kier alpha value is -4.99. The molecule has 10 heteroatoms. The fourth-order valence-electron chi connectivity index (χ4n) is 5.08. The number of nitrogens with zero attached hydrogens (tertiary/aromatic N) is 6. The van der Waals surface area contributed by atoms with Gasteiger partial charge in [0.15, 0.2) is 11.5 Å². The smallest absolute Gasteiger partial charge is 0.227 e. The minimum atomic E-state index is 0.0620. The molecule has 1 amide bonds. The largest absolute Gasteiger partial charge is 0.335 e. The molecule has 1 saturated carbocycles. The number of carbonyl (C=O) groups excluding carboxylic acids is 1. The molecule has 6 aromatic rings. The molecule has 1 aliphatic rings. The monoisotopic (exact) mass is 501 g/mol. The van der Waals surface area contributed by atoms with Crippen LogP contribution in [0.4, 0.5) is 5.69 Å². The highest BCUT2D eigenvalue weighted by molar-refractivity contribution is 5.96. The number of rotatable bonds is 5. The minimum absolute atomic E-state index is 0.0620. The summed E-state index contributed by atoms with van der Waals surface area (Å²) >= 11 is 0. The normalized spacial score (nSPS) is 13.9. The van der Waals surface area contributed by atoms with Crippen molar-refractivity contribution >= 4 is 33.7 Å². The van der Waals surface area contributed by atoms with Gasteiger partial charge in [-0.25, -0.2) is 9.97 Å². The molecule has 0 aromatic carbocycles. The lowest BCUT2D eigenvalue weighted by Crippen LogP contribution is -2.20. The molecule has 0 atom stereocenters. The first-order valence-corrected chi connectivity index (χ1v) is 12.6. The molecule has 1 aliphatic carbocycles. The topological polar surface area (TPSA) is 138 Å². The van der Waals surface area contributed by atoms with Gasteiger partial charge in [0, 0.05) is 47.4 Å². The van der Waals surface area contributed by atoms with Crippen LogP contribution < -0.4 is 5.32 Å². The number of hydrogen-bond acceptors (Lipinski definition) is 7. The molecule has 7 rings (SSSR count). The van der Waals surface area contributed by atoms with E-state index >= 15 is 0 Å². The Morgan fingerprint density at radius 1 is 0.868 bits per heavy atom. The standard InChI is InChI=1S/C28H23N9O/c38-28(16-4-1-2-5-16)32-19-10-18(12-30-13-19)21-7-8-22-25(33-21)26(37-36-22)27-34-23-15-31-14-20(24(23)35-27)17-6-3-9-29-11-17/h3,6-16H,1-2,4-5H2,(H,32,38)(H,34,35)(H,36,37). The highest BCUT2D eigenvalue weighted by atomic mass is 16.1. The molecule has 0 aliphatic heterocycles. The van der Waals surface area contributed by atoms with Crippen LogP contribution >= 0.6 is 0 Å². The molecule has 3 N–H and O–H groups in total. The fourth-order valence-corrected chi connectivity index (χ4v) is 5.08. The van der Waals surface area contributed by atoms with E-state index in [0.29, 0.717) is 22.7 Å². The summed E-state index contributed by atoms with van der Waals surface area (Å²) in [5.41, 5.74) is 7.65. The summed E-state index contributed by atoms with van der Waals surface area (Å²) in [4.78, 5) is 38.7. The summed E-state index contributed by atoms with van der Waals surface area (Å²) in [5, 5.41) is 10.6. The second-order valence-electron chi connectivity index (χ2n) is 9.51. The van der Waals surface area contributed by atoms with Crippen molar-refractivity contribution in [1.82, 2.24) is 40.1 Å². The minimum Gasteiger partial charge on any atom is -0.335 e. The number of amides is 1. The first-order chi connectivity index (χ1) is 18.7. The molecular formula is C28H23N9O. The molecule has 10 nitrogen and oxygen atoms in total. The van der Waals surface area contributed by atoms with Crippen LogP contribution in [0.2, 0.25) is 0 Å². The van der Waals surface area contributed by atoms with Crippen LogP contribution in [0.3, 0.4) is 0 Å². The number of pyridine rings is 4. The van der Waals surface area contributed by atoms with E-state index in [-0.39, 0.29) is 11.8 Å². The first-order valence-electron chi connectivity index (χ1n) is 12.6. The maximum atomic E-state index is 12.6. The van der Waals surface area contributed by atoms with Crippen molar-refractivity contribution in [2.45, 2.75) is 25.7 Å². The third kappa shape index (κ3) is 3.96. The predicted octanol–water partition coefficient (Wildman–Crippen LogP) is 5.15. The third-order valence-electron chi connectivity index (χ3n) is 7.03. The van der Waals surface area contributed by atoms with Gasteiger partial charge in [0.25, 0.3) is 0 Å². The maximum Gasteiger partial charge on any atom is 0.227 e. The zero-order valence-corrected chi connectivity index (χ0v) is 20.3. The van der Waals surface area contributed by atoms with E-state index in [0.717, 1.165) is 64.6 Å². The first kappa shape index (κ1) is 22.2. The lowest BCUT2D eigenvalue weighted by Gasteiger charge is -2.11. The van der Waals surface area contributed by atoms with Gasteiger partial charge in [-0.2, -0.15) is 5.10 Å². The zero-order valence-electron chi connectivity index (χ0n) is 20.3. The van der Waals surface area contributed by atoms with Crippen molar-refractivity contribution in [2.75, 3.05) is 5.32 Å². The Bertz CT molecular complexity index is 1780. The number of H-pyrrole nitrogens is 2. The van der Waals surface area contributed by atoms with E-state index in [9.17, 15) is 4.79 Å². The predicted molar refractivity (Wildman–Crippen MR) is 144 cm³/mol. The van der Waals surface area contributed by atoms with Crippen molar-refractivity contribution in [1.29, 1.82) is 0 Å². The fraction of sp³-hybridized carbons (Fsp3) is 0.179. The summed E-state index contributed by atoms with van der Waals surface area (Å²) in [7, 11) is 0. The number of aromatic nitrogens is 8. The van der Waals surface area contributed by atoms with E-state index in [4.69, 9.17) is 9.97 Å². The Labute approximate surface area is 217 Å². The van der Waals surface area contributed by atoms with E-state index in [1.807, 2.05) is 30.3 Å². The van der Waals surface area contributed by atoms with Gasteiger partial charge in [-0.15, -0.1) is 0 Å². The molecule has 0 unspecified atom stereocenters. The Kier molecular flexibility index (Phi) is 5.35. The SMILES string of the molecule is O=C(Nc1cncc(-c2ccc3[nH]nc(-c4nc5c(-c6cccnc6)cncc5[nH]4)c3n2)c1)C1CCCC1. The lowest BCUT2D eigenvalue weighted by atomic mass is 10.1. The highest BCUT2D eigenvalue weighted by Gasteiger charge is 2.23. The average Bonchev–Trinajstić information content (AvgIpc) is 3.73. The van der Waals surface area contributed by atoms with Crippen LogP contribution in [-0.4, -0.2) is 46.0 Å². The van der Waals surface area contributed by atoms with Gasteiger partial charge in [0.2, 0.25) is 5.91 Å². The third-order valence-corrected chi connectivity index (χ3v) is 7.03. The maximum absolute atomic E-state index is 12.6. The summed E-state index contributed by atoms with van der Waals surface area (Å²) in [6, 6.07) is 9.61. The molecule has 6 heterocycles. The Morgan fingerprint density at radius 3 is 2.61 bits per heavy atom. The number of nitrogens with one attached hydrogen (secondary N) is 3. The van der Waals surface area contributed by atoms with Crippen molar-refractivity contribution in [3.8, 4) is 33.9 Å². The number of anilines is 1. The molecule has 38 heavy (non-hydrogen) atoms. The molecular weight excluding hydrogens is 478 g/mol. The van der Waals surface area contributed by atoms with Crippen LogP contribution in [0.5, 0.6) is 0 Å². The van der Waals surface area contributed by atoms with Crippen LogP contribution in [-0.2, 0) is 4.79 Å². The molecule has 6 aromatic heterocycles. The van der Waals surface area contributed by atoms with Gasteiger partial charge in [-0.1, -0.05) is 18.9 Å². The Morgan fingerprint density at radius 2 is 1.74 bits per heavy atom. The van der Waals surface area contributed by atoms with Gasteiger partial charge in [0.05, 0.1) is 34.8 Å². The summed E-state index contributed by atoms with van der Waals surface area (Å²) in [6.45, 7) is 0. The number of carbonyl (C=O) groups is 1. The summed E-state index contributed by atoms with van der Waals surface area (Å²) < 4.78 is 0. The molecule has 1 fully saturated rings. The van der Waals surface area contributed by atoms with Crippen LogP contribution in [0.1, 0.15) is 25.7 Å². The summed E-state index contributed by atoms with van der Waals surface area (Å²) in [5.74, 6) is 0.732. The second kappa shape index (κ2) is 9.15. The molecule has 0 spiro atoms. The Balaban J connectivity index is 1.25. The molecule has 0 bridgehead atoms. The van der Waals surface area contributed by atoms with Gasteiger partial charge < -0.3 is 10.3 Å². The van der Waals surface area contributed by atoms with Gasteiger partial charge in [-0.05, 0) is 37.1 Å². The molecule has 0 saturated heterocycles. The zero-order chi connectivity index (χ0) is 25.5. The quantitative estimate of drug-likeness (QED) is 0.297. The van der Waals surface area contributed by atoms with Crippen molar-refractivity contribution in [3.63, 3.8) is 0 Å². The van der Waals surface area contributed by atoms with Gasteiger partial charge >= 0.3 is 0 Å².